The van der Waals surface area contributed by atoms with E-state index in [4.69, 9.17) is 14.2 Å². The molecule has 0 fully saturated rings. The molecule has 0 saturated heterocycles. The molecule has 4 heteroatoms. The molecule has 2 rings (SSSR count). The van der Waals surface area contributed by atoms with E-state index in [1.54, 1.807) is 33.5 Å². The van der Waals surface area contributed by atoms with Crippen LogP contribution in [0.3, 0.4) is 0 Å². The minimum atomic E-state index is 0.547. The Kier molecular flexibility index (Phi) is 5.05. The molecule has 0 spiro atoms. The molecule has 0 aromatic heterocycles. The first-order valence-corrected chi connectivity index (χ1v) is 6.70. The van der Waals surface area contributed by atoms with Crippen LogP contribution in [0.1, 0.15) is 11.1 Å². The van der Waals surface area contributed by atoms with Crippen molar-refractivity contribution in [3.8, 4) is 23.3 Å². The van der Waals surface area contributed by atoms with E-state index in [0.717, 1.165) is 16.9 Å². The molecule has 0 bridgehead atoms. The summed E-state index contributed by atoms with van der Waals surface area (Å²) in [5, 5.41) is 9.42. The Morgan fingerprint density at radius 2 is 1.55 bits per heavy atom. The van der Waals surface area contributed by atoms with E-state index < -0.39 is 0 Å². The Balaban J connectivity index is 2.42. The molecular formula is C18H17NO3. The predicted octanol–water partition coefficient (Wildman–Crippen LogP) is 3.78. The summed E-state index contributed by atoms with van der Waals surface area (Å²) in [7, 11) is 4.80. The fourth-order valence-electron chi connectivity index (χ4n) is 2.04. The van der Waals surface area contributed by atoms with E-state index in [9.17, 15) is 5.26 Å². The van der Waals surface area contributed by atoms with Gasteiger partial charge in [0.05, 0.1) is 33.0 Å². The molecular weight excluding hydrogens is 278 g/mol. The molecule has 2 aromatic carbocycles. The molecule has 0 radical (unpaired) electrons. The molecule has 2 aromatic rings. The van der Waals surface area contributed by atoms with Crippen LogP contribution in [0.15, 0.2) is 42.5 Å². The van der Waals surface area contributed by atoms with Crippen LogP contribution < -0.4 is 14.2 Å². The largest absolute Gasteiger partial charge is 0.497 e. The Labute approximate surface area is 130 Å². The van der Waals surface area contributed by atoms with Crippen LogP contribution in [0.4, 0.5) is 0 Å². The molecule has 0 amide bonds. The van der Waals surface area contributed by atoms with E-state index in [-0.39, 0.29) is 0 Å². The van der Waals surface area contributed by atoms with Gasteiger partial charge in [0.1, 0.15) is 17.2 Å². The lowest BCUT2D eigenvalue weighted by atomic mass is 10.0. The topological polar surface area (TPSA) is 51.5 Å². The summed E-state index contributed by atoms with van der Waals surface area (Å²) in [6.45, 7) is 0. The van der Waals surface area contributed by atoms with E-state index in [2.05, 4.69) is 6.07 Å². The van der Waals surface area contributed by atoms with Crippen LogP contribution in [0.5, 0.6) is 17.2 Å². The highest BCUT2D eigenvalue weighted by Gasteiger charge is 2.06. The molecule has 0 N–H and O–H groups in total. The summed E-state index contributed by atoms with van der Waals surface area (Å²) in [5.74, 6) is 2.11. The van der Waals surface area contributed by atoms with Gasteiger partial charge >= 0.3 is 0 Å². The van der Waals surface area contributed by atoms with Gasteiger partial charge in [-0.3, -0.25) is 0 Å². The first-order valence-electron chi connectivity index (χ1n) is 6.70. The number of hydrogen-bond acceptors (Lipinski definition) is 4. The third kappa shape index (κ3) is 3.39. The van der Waals surface area contributed by atoms with Gasteiger partial charge in [-0.2, -0.15) is 5.26 Å². The van der Waals surface area contributed by atoms with Crippen molar-refractivity contribution in [2.45, 2.75) is 0 Å². The summed E-state index contributed by atoms with van der Waals surface area (Å²) in [5.41, 5.74) is 2.18. The first kappa shape index (κ1) is 15.5. The molecule has 0 heterocycles. The SMILES string of the molecule is COc1ccc(C(C#N)=Cc2ccc(OC)cc2OC)cc1. The summed E-state index contributed by atoms with van der Waals surface area (Å²) in [6, 6.07) is 15.0. The Morgan fingerprint density at radius 1 is 0.909 bits per heavy atom. The zero-order valence-corrected chi connectivity index (χ0v) is 12.8. The lowest BCUT2D eigenvalue weighted by Gasteiger charge is -2.08. The normalized spacial score (nSPS) is 10.7. The highest BCUT2D eigenvalue weighted by molar-refractivity contribution is 5.90. The van der Waals surface area contributed by atoms with Crippen LogP contribution in [0.25, 0.3) is 11.6 Å². The number of methoxy groups -OCH3 is 3. The lowest BCUT2D eigenvalue weighted by molar-refractivity contribution is 0.394. The highest BCUT2D eigenvalue weighted by Crippen LogP contribution is 2.28. The van der Waals surface area contributed by atoms with Crippen LogP contribution >= 0.6 is 0 Å². The van der Waals surface area contributed by atoms with Crippen LogP contribution in [-0.2, 0) is 0 Å². The minimum absolute atomic E-state index is 0.547. The number of rotatable bonds is 5. The van der Waals surface area contributed by atoms with E-state index in [0.29, 0.717) is 17.1 Å². The molecule has 112 valence electrons. The number of hydrogen-bond donors (Lipinski definition) is 0. The second-order valence-electron chi connectivity index (χ2n) is 4.51. The molecule has 22 heavy (non-hydrogen) atoms. The zero-order valence-electron chi connectivity index (χ0n) is 12.8. The third-order valence-electron chi connectivity index (χ3n) is 3.26. The van der Waals surface area contributed by atoms with Crippen molar-refractivity contribution in [2.24, 2.45) is 0 Å². The van der Waals surface area contributed by atoms with Crippen molar-refractivity contribution in [3.63, 3.8) is 0 Å². The number of ether oxygens (including phenoxy) is 3. The molecule has 0 aliphatic rings. The average molecular weight is 295 g/mol. The second kappa shape index (κ2) is 7.19. The van der Waals surface area contributed by atoms with Crippen LogP contribution in [0.2, 0.25) is 0 Å². The van der Waals surface area contributed by atoms with Crippen molar-refractivity contribution in [2.75, 3.05) is 21.3 Å². The van der Waals surface area contributed by atoms with Gasteiger partial charge in [0.2, 0.25) is 0 Å². The second-order valence-corrected chi connectivity index (χ2v) is 4.51. The Bertz CT molecular complexity index is 712. The van der Waals surface area contributed by atoms with Crippen molar-refractivity contribution in [3.05, 3.63) is 53.6 Å². The fraction of sp³-hybridized carbons (Fsp3) is 0.167. The average Bonchev–Trinajstić information content (AvgIpc) is 2.59. The van der Waals surface area contributed by atoms with Gasteiger partial charge in [0, 0.05) is 11.6 Å². The Morgan fingerprint density at radius 3 is 2.09 bits per heavy atom. The minimum Gasteiger partial charge on any atom is -0.497 e. The number of nitriles is 1. The van der Waals surface area contributed by atoms with Crippen LogP contribution in [0, 0.1) is 11.3 Å². The molecule has 4 nitrogen and oxygen atoms in total. The summed E-state index contributed by atoms with van der Waals surface area (Å²) in [4.78, 5) is 0. The van der Waals surface area contributed by atoms with E-state index >= 15 is 0 Å². The quantitative estimate of drug-likeness (QED) is 0.622. The maximum Gasteiger partial charge on any atom is 0.129 e. The van der Waals surface area contributed by atoms with Gasteiger partial charge in [-0.25, -0.2) is 0 Å². The molecule has 0 saturated carbocycles. The van der Waals surface area contributed by atoms with Gasteiger partial charge in [-0.1, -0.05) is 0 Å². The number of allylic oxidation sites excluding steroid dienone is 1. The van der Waals surface area contributed by atoms with Crippen LogP contribution in [-0.4, -0.2) is 21.3 Å². The molecule has 0 atom stereocenters. The van der Waals surface area contributed by atoms with Gasteiger partial charge in [0.25, 0.3) is 0 Å². The van der Waals surface area contributed by atoms with Crippen molar-refractivity contribution in [1.82, 2.24) is 0 Å². The predicted molar refractivity (Wildman–Crippen MR) is 86.0 cm³/mol. The summed E-state index contributed by atoms with van der Waals surface area (Å²) in [6.07, 6.45) is 1.79. The third-order valence-corrected chi connectivity index (χ3v) is 3.26. The van der Waals surface area contributed by atoms with Gasteiger partial charge in [-0.15, -0.1) is 0 Å². The van der Waals surface area contributed by atoms with E-state index in [1.807, 2.05) is 36.4 Å². The zero-order chi connectivity index (χ0) is 15.9. The maximum atomic E-state index is 9.42. The van der Waals surface area contributed by atoms with Crippen molar-refractivity contribution in [1.29, 1.82) is 5.26 Å². The summed E-state index contributed by atoms with van der Waals surface area (Å²) >= 11 is 0. The van der Waals surface area contributed by atoms with Gasteiger partial charge < -0.3 is 14.2 Å². The van der Waals surface area contributed by atoms with E-state index in [1.165, 1.54) is 0 Å². The van der Waals surface area contributed by atoms with Gasteiger partial charge in [-0.05, 0) is 48.0 Å². The smallest absolute Gasteiger partial charge is 0.129 e. The number of benzene rings is 2. The van der Waals surface area contributed by atoms with Crippen molar-refractivity contribution >= 4 is 11.6 Å². The molecule has 0 aliphatic carbocycles. The Hall–Kier alpha value is -2.93. The maximum absolute atomic E-state index is 9.42. The molecule has 0 aliphatic heterocycles. The fourth-order valence-corrected chi connectivity index (χ4v) is 2.04. The first-order chi connectivity index (χ1) is 10.7. The monoisotopic (exact) mass is 295 g/mol. The summed E-state index contributed by atoms with van der Waals surface area (Å²) < 4.78 is 15.7. The lowest BCUT2D eigenvalue weighted by Crippen LogP contribution is -1.91. The standard InChI is InChI=1S/C18H17NO3/c1-20-16-7-4-13(5-8-16)15(12-19)10-14-6-9-17(21-2)11-18(14)22-3/h4-11H,1-3H3. The highest BCUT2D eigenvalue weighted by atomic mass is 16.5. The number of nitrogens with zero attached hydrogens (tertiary/aromatic N) is 1. The van der Waals surface area contributed by atoms with Crippen molar-refractivity contribution < 1.29 is 14.2 Å². The van der Waals surface area contributed by atoms with Gasteiger partial charge in [0.15, 0.2) is 0 Å². The molecule has 0 unspecified atom stereocenters.